The van der Waals surface area contributed by atoms with Gasteiger partial charge in [-0.05, 0) is 42.2 Å². The quantitative estimate of drug-likeness (QED) is 0.666. The molecule has 21 heavy (non-hydrogen) atoms. The average molecular weight is 277 g/mol. The van der Waals surface area contributed by atoms with E-state index in [1.54, 1.807) is 29.3 Å². The molecule has 2 heterocycles. The van der Waals surface area contributed by atoms with Crippen molar-refractivity contribution in [2.75, 3.05) is 0 Å². The number of fused-ring (bicyclic) bond motifs is 1. The second-order valence-corrected chi connectivity index (χ2v) is 5.28. The van der Waals surface area contributed by atoms with Gasteiger partial charge < -0.3 is 0 Å². The zero-order chi connectivity index (χ0) is 15.0. The summed E-state index contributed by atoms with van der Waals surface area (Å²) in [6.45, 7) is 0. The number of aryl methyl sites for hydroxylation is 4. The lowest BCUT2D eigenvalue weighted by atomic mass is 10.0. The standard InChI is InChI=1S/C16H16BN3O/c1-19-13-9-7-11(10-14(13)20(2)16(19)21)6-8-12-4-3-5-15(17)18-12/h3-5,7,9-10H,6,8H2,1-2H3. The SMILES string of the molecule is [B]c1cccc(CCc2ccc3c(c2)n(C)c(=O)n3C)n1. The van der Waals surface area contributed by atoms with E-state index in [0.29, 0.717) is 5.59 Å². The molecule has 104 valence electrons. The van der Waals surface area contributed by atoms with E-state index in [9.17, 15) is 4.79 Å². The molecule has 0 saturated carbocycles. The topological polar surface area (TPSA) is 39.8 Å². The Morgan fingerprint density at radius 3 is 2.57 bits per heavy atom. The van der Waals surface area contributed by atoms with Gasteiger partial charge in [-0.3, -0.25) is 14.1 Å². The molecule has 0 saturated heterocycles. The molecule has 0 aliphatic rings. The van der Waals surface area contributed by atoms with Crippen molar-refractivity contribution in [1.29, 1.82) is 0 Å². The number of nitrogens with zero attached hydrogens (tertiary/aromatic N) is 3. The van der Waals surface area contributed by atoms with E-state index in [0.717, 1.165) is 29.6 Å². The van der Waals surface area contributed by atoms with Crippen LogP contribution in [0.25, 0.3) is 11.0 Å². The number of imidazole rings is 1. The highest BCUT2D eigenvalue weighted by molar-refractivity contribution is 6.30. The summed E-state index contributed by atoms with van der Waals surface area (Å²) in [7, 11) is 9.28. The van der Waals surface area contributed by atoms with Gasteiger partial charge >= 0.3 is 5.69 Å². The van der Waals surface area contributed by atoms with Crippen LogP contribution in [0.2, 0.25) is 0 Å². The van der Waals surface area contributed by atoms with Crippen LogP contribution in [0.1, 0.15) is 11.3 Å². The fourth-order valence-electron chi connectivity index (χ4n) is 2.62. The van der Waals surface area contributed by atoms with Crippen LogP contribution in [0.3, 0.4) is 0 Å². The second-order valence-electron chi connectivity index (χ2n) is 5.28. The Kier molecular flexibility index (Phi) is 3.41. The van der Waals surface area contributed by atoms with Crippen molar-refractivity contribution < 1.29 is 0 Å². The first-order valence-electron chi connectivity index (χ1n) is 6.92. The van der Waals surface area contributed by atoms with E-state index < -0.39 is 0 Å². The molecular formula is C16H16BN3O. The van der Waals surface area contributed by atoms with Crippen molar-refractivity contribution in [3.8, 4) is 0 Å². The molecular weight excluding hydrogens is 261 g/mol. The molecule has 0 bridgehead atoms. The fraction of sp³-hybridized carbons (Fsp3) is 0.250. The van der Waals surface area contributed by atoms with Crippen LogP contribution in [0.15, 0.2) is 41.2 Å². The predicted octanol–water partition coefficient (Wildman–Crippen LogP) is 0.851. The Hall–Kier alpha value is -2.30. The Morgan fingerprint density at radius 1 is 1.05 bits per heavy atom. The summed E-state index contributed by atoms with van der Waals surface area (Å²) in [5.41, 5.74) is 4.63. The van der Waals surface area contributed by atoms with E-state index >= 15 is 0 Å². The highest BCUT2D eigenvalue weighted by Crippen LogP contribution is 2.15. The highest BCUT2D eigenvalue weighted by atomic mass is 16.1. The maximum absolute atomic E-state index is 11.9. The number of hydrogen-bond donors (Lipinski definition) is 0. The molecule has 3 rings (SSSR count). The predicted molar refractivity (Wildman–Crippen MR) is 85.2 cm³/mol. The summed E-state index contributed by atoms with van der Waals surface area (Å²) in [4.78, 5) is 16.2. The highest BCUT2D eigenvalue weighted by Gasteiger charge is 2.08. The number of hydrogen-bond acceptors (Lipinski definition) is 2. The van der Waals surface area contributed by atoms with Gasteiger partial charge in [0.25, 0.3) is 0 Å². The normalized spacial score (nSPS) is 11.1. The van der Waals surface area contributed by atoms with Crippen LogP contribution in [0.5, 0.6) is 0 Å². The van der Waals surface area contributed by atoms with E-state index in [1.165, 1.54) is 5.56 Å². The van der Waals surface area contributed by atoms with E-state index in [2.05, 4.69) is 17.1 Å². The zero-order valence-corrected chi connectivity index (χ0v) is 12.2. The van der Waals surface area contributed by atoms with Crippen molar-refractivity contribution in [1.82, 2.24) is 14.1 Å². The smallest absolute Gasteiger partial charge is 0.295 e. The molecule has 0 amide bonds. The fourth-order valence-corrected chi connectivity index (χ4v) is 2.62. The van der Waals surface area contributed by atoms with Gasteiger partial charge in [-0.1, -0.05) is 18.2 Å². The summed E-state index contributed by atoms with van der Waals surface area (Å²) in [6.07, 6.45) is 1.70. The van der Waals surface area contributed by atoms with Crippen LogP contribution in [-0.4, -0.2) is 22.0 Å². The van der Waals surface area contributed by atoms with Gasteiger partial charge in [-0.15, -0.1) is 0 Å². The first-order chi connectivity index (χ1) is 10.1. The van der Waals surface area contributed by atoms with Crippen LogP contribution < -0.4 is 11.3 Å². The van der Waals surface area contributed by atoms with Gasteiger partial charge in [0, 0.05) is 19.8 Å². The molecule has 0 N–H and O–H groups in total. The largest absolute Gasteiger partial charge is 0.328 e. The van der Waals surface area contributed by atoms with Crippen LogP contribution >= 0.6 is 0 Å². The summed E-state index contributed by atoms with van der Waals surface area (Å²) in [5.74, 6) is 0. The van der Waals surface area contributed by atoms with Gasteiger partial charge in [0.05, 0.1) is 11.0 Å². The Balaban J connectivity index is 1.88. The zero-order valence-electron chi connectivity index (χ0n) is 12.2. The molecule has 2 aromatic heterocycles. The molecule has 0 spiro atoms. The molecule has 0 aliphatic carbocycles. The van der Waals surface area contributed by atoms with Crippen LogP contribution in [0, 0.1) is 0 Å². The molecule has 5 heteroatoms. The minimum absolute atomic E-state index is 0.000324. The molecule has 0 unspecified atom stereocenters. The minimum atomic E-state index is -0.000324. The Morgan fingerprint density at radius 2 is 1.81 bits per heavy atom. The Labute approximate surface area is 124 Å². The summed E-state index contributed by atoms with van der Waals surface area (Å²) in [6, 6.07) is 11.8. The number of benzene rings is 1. The van der Waals surface area contributed by atoms with Crippen LogP contribution in [-0.2, 0) is 26.9 Å². The molecule has 3 aromatic rings. The van der Waals surface area contributed by atoms with Crippen molar-refractivity contribution >= 4 is 24.5 Å². The summed E-state index contributed by atoms with van der Waals surface area (Å²) >= 11 is 0. The van der Waals surface area contributed by atoms with Gasteiger partial charge in [-0.2, -0.15) is 0 Å². The first kappa shape index (κ1) is 13.7. The number of aromatic nitrogens is 3. The van der Waals surface area contributed by atoms with Gasteiger partial charge in [0.2, 0.25) is 0 Å². The molecule has 4 nitrogen and oxygen atoms in total. The van der Waals surface area contributed by atoms with E-state index in [-0.39, 0.29) is 5.69 Å². The van der Waals surface area contributed by atoms with Crippen LogP contribution in [0.4, 0.5) is 0 Å². The van der Waals surface area contributed by atoms with Crippen molar-refractivity contribution in [3.05, 3.63) is 58.1 Å². The van der Waals surface area contributed by atoms with Crippen molar-refractivity contribution in [3.63, 3.8) is 0 Å². The van der Waals surface area contributed by atoms with Crippen molar-refractivity contribution in [2.45, 2.75) is 12.8 Å². The van der Waals surface area contributed by atoms with E-state index in [4.69, 9.17) is 7.85 Å². The van der Waals surface area contributed by atoms with Gasteiger partial charge in [-0.25, -0.2) is 4.79 Å². The minimum Gasteiger partial charge on any atom is -0.295 e. The molecule has 1 aromatic carbocycles. The van der Waals surface area contributed by atoms with Gasteiger partial charge in [0.1, 0.15) is 7.85 Å². The third kappa shape index (κ3) is 2.51. The Bertz CT molecular complexity index is 864. The monoisotopic (exact) mass is 277 g/mol. The average Bonchev–Trinajstić information content (AvgIpc) is 2.70. The second kappa shape index (κ2) is 5.24. The third-order valence-electron chi connectivity index (χ3n) is 3.83. The first-order valence-corrected chi connectivity index (χ1v) is 6.92. The van der Waals surface area contributed by atoms with Crippen molar-refractivity contribution in [2.24, 2.45) is 14.1 Å². The lowest BCUT2D eigenvalue weighted by Crippen LogP contribution is -2.19. The van der Waals surface area contributed by atoms with E-state index in [1.807, 2.05) is 18.2 Å². The third-order valence-corrected chi connectivity index (χ3v) is 3.83. The summed E-state index contributed by atoms with van der Waals surface area (Å²) in [5, 5.41) is 0. The number of rotatable bonds is 3. The lowest BCUT2D eigenvalue weighted by molar-refractivity contribution is 0.795. The number of pyridine rings is 1. The lowest BCUT2D eigenvalue weighted by Gasteiger charge is -2.04. The maximum Gasteiger partial charge on any atom is 0.328 e. The maximum atomic E-state index is 11.9. The molecule has 0 aliphatic heterocycles. The summed E-state index contributed by atoms with van der Waals surface area (Å²) < 4.78 is 3.34. The molecule has 0 fully saturated rings. The van der Waals surface area contributed by atoms with Gasteiger partial charge in [0.15, 0.2) is 0 Å². The molecule has 0 atom stereocenters. The molecule has 2 radical (unpaired) electrons.